The molecular formula is C10H10Cl2O3. The highest BCUT2D eigenvalue weighted by atomic mass is 35.5. The molecule has 1 heterocycles. The fourth-order valence-corrected chi connectivity index (χ4v) is 2.14. The first-order chi connectivity index (χ1) is 7.18. The summed E-state index contributed by atoms with van der Waals surface area (Å²) in [7, 11) is 0. The van der Waals surface area contributed by atoms with Gasteiger partial charge >= 0.3 is 0 Å². The number of aliphatic hydroxyl groups is 1. The van der Waals surface area contributed by atoms with Crippen LogP contribution in [-0.2, 0) is 15.3 Å². The molecule has 1 aromatic carbocycles. The molecule has 1 N–H and O–H groups in total. The van der Waals surface area contributed by atoms with Gasteiger partial charge in [0.2, 0.25) is 5.79 Å². The van der Waals surface area contributed by atoms with Crippen LogP contribution in [0.25, 0.3) is 0 Å². The van der Waals surface area contributed by atoms with E-state index >= 15 is 0 Å². The van der Waals surface area contributed by atoms with Crippen molar-refractivity contribution in [3.63, 3.8) is 0 Å². The van der Waals surface area contributed by atoms with Gasteiger partial charge in [-0.05, 0) is 12.1 Å². The molecule has 2 rings (SSSR count). The summed E-state index contributed by atoms with van der Waals surface area (Å²) in [6, 6.07) is 4.98. The van der Waals surface area contributed by atoms with Crippen molar-refractivity contribution in [1.82, 2.24) is 0 Å². The van der Waals surface area contributed by atoms with E-state index in [0.717, 1.165) is 0 Å². The van der Waals surface area contributed by atoms with E-state index < -0.39 is 5.79 Å². The molecule has 1 fully saturated rings. The number of rotatable bonds is 2. The van der Waals surface area contributed by atoms with E-state index in [2.05, 4.69) is 0 Å². The van der Waals surface area contributed by atoms with E-state index in [9.17, 15) is 5.11 Å². The van der Waals surface area contributed by atoms with E-state index in [1.54, 1.807) is 18.2 Å². The molecule has 0 bridgehead atoms. The van der Waals surface area contributed by atoms with Crippen molar-refractivity contribution in [2.75, 3.05) is 19.8 Å². The fraction of sp³-hybridized carbons (Fsp3) is 0.400. The second-order valence-corrected chi connectivity index (χ2v) is 4.08. The van der Waals surface area contributed by atoms with Crippen molar-refractivity contribution in [3.05, 3.63) is 33.8 Å². The van der Waals surface area contributed by atoms with Crippen LogP contribution in [0, 0.1) is 0 Å². The fourth-order valence-electron chi connectivity index (χ4n) is 1.59. The van der Waals surface area contributed by atoms with E-state index in [1.165, 1.54) is 0 Å². The van der Waals surface area contributed by atoms with Crippen molar-refractivity contribution in [3.8, 4) is 0 Å². The van der Waals surface area contributed by atoms with Gasteiger partial charge in [-0.25, -0.2) is 0 Å². The Hall–Kier alpha value is -0.320. The Labute approximate surface area is 97.5 Å². The van der Waals surface area contributed by atoms with Gasteiger partial charge in [-0.1, -0.05) is 29.3 Å². The number of benzene rings is 1. The molecule has 0 aliphatic carbocycles. The number of ether oxygens (including phenoxy) is 2. The Morgan fingerprint density at radius 3 is 2.47 bits per heavy atom. The molecule has 82 valence electrons. The van der Waals surface area contributed by atoms with E-state index in [1.807, 2.05) is 0 Å². The summed E-state index contributed by atoms with van der Waals surface area (Å²) in [5.74, 6) is -1.12. The van der Waals surface area contributed by atoms with E-state index in [0.29, 0.717) is 28.8 Å². The van der Waals surface area contributed by atoms with Crippen molar-refractivity contribution < 1.29 is 14.6 Å². The average molecular weight is 249 g/mol. The van der Waals surface area contributed by atoms with Crippen LogP contribution in [0.4, 0.5) is 0 Å². The van der Waals surface area contributed by atoms with Crippen molar-refractivity contribution >= 4 is 23.2 Å². The second-order valence-electron chi connectivity index (χ2n) is 3.23. The molecule has 0 amide bonds. The molecule has 1 aromatic rings. The highest BCUT2D eigenvalue weighted by molar-refractivity contribution is 6.35. The van der Waals surface area contributed by atoms with Crippen molar-refractivity contribution in [2.45, 2.75) is 5.79 Å². The topological polar surface area (TPSA) is 38.7 Å². The minimum atomic E-state index is -1.12. The largest absolute Gasteiger partial charge is 0.390 e. The summed E-state index contributed by atoms with van der Waals surface area (Å²) in [5.41, 5.74) is 0.605. The predicted octanol–water partition coefficient (Wildman–Crippen LogP) is 2.19. The van der Waals surface area contributed by atoms with Crippen LogP contribution in [-0.4, -0.2) is 24.9 Å². The first-order valence-corrected chi connectivity index (χ1v) is 5.28. The average Bonchev–Trinajstić information content (AvgIpc) is 2.67. The van der Waals surface area contributed by atoms with Crippen LogP contribution >= 0.6 is 23.2 Å². The van der Waals surface area contributed by atoms with Gasteiger partial charge in [-0.3, -0.25) is 0 Å². The molecule has 15 heavy (non-hydrogen) atoms. The van der Waals surface area contributed by atoms with E-state index in [4.69, 9.17) is 32.7 Å². The minimum Gasteiger partial charge on any atom is -0.390 e. The van der Waals surface area contributed by atoms with Crippen LogP contribution in [0.1, 0.15) is 5.56 Å². The third-order valence-corrected chi connectivity index (χ3v) is 2.85. The smallest absolute Gasteiger partial charge is 0.220 e. The maximum Gasteiger partial charge on any atom is 0.220 e. The molecule has 3 nitrogen and oxygen atoms in total. The van der Waals surface area contributed by atoms with Gasteiger partial charge in [0.05, 0.1) is 18.2 Å². The van der Waals surface area contributed by atoms with Gasteiger partial charge in [0.25, 0.3) is 0 Å². The maximum atomic E-state index is 9.32. The summed E-state index contributed by atoms with van der Waals surface area (Å²) < 4.78 is 10.8. The summed E-state index contributed by atoms with van der Waals surface area (Å²) in [6.07, 6.45) is 0. The third kappa shape index (κ3) is 1.98. The van der Waals surface area contributed by atoms with Gasteiger partial charge in [0, 0.05) is 10.6 Å². The van der Waals surface area contributed by atoms with Gasteiger partial charge in [-0.2, -0.15) is 0 Å². The van der Waals surface area contributed by atoms with Crippen LogP contribution in [0.2, 0.25) is 10.0 Å². The molecule has 1 saturated heterocycles. The molecule has 5 heteroatoms. The number of hydrogen-bond acceptors (Lipinski definition) is 3. The van der Waals surface area contributed by atoms with Crippen molar-refractivity contribution in [2.24, 2.45) is 0 Å². The van der Waals surface area contributed by atoms with Gasteiger partial charge < -0.3 is 14.6 Å². The molecule has 1 aliphatic heterocycles. The van der Waals surface area contributed by atoms with Gasteiger partial charge in [0.1, 0.15) is 6.61 Å². The monoisotopic (exact) mass is 248 g/mol. The van der Waals surface area contributed by atoms with Crippen LogP contribution in [0.3, 0.4) is 0 Å². The molecule has 0 aromatic heterocycles. The van der Waals surface area contributed by atoms with Gasteiger partial charge in [0.15, 0.2) is 0 Å². The molecule has 0 saturated carbocycles. The number of aliphatic hydroxyl groups excluding tert-OH is 1. The lowest BCUT2D eigenvalue weighted by molar-refractivity contribution is -0.191. The lowest BCUT2D eigenvalue weighted by Crippen LogP contribution is -2.31. The summed E-state index contributed by atoms with van der Waals surface area (Å²) >= 11 is 11.8. The summed E-state index contributed by atoms with van der Waals surface area (Å²) in [6.45, 7) is 0.618. The van der Waals surface area contributed by atoms with Crippen LogP contribution in [0.15, 0.2) is 18.2 Å². The Morgan fingerprint density at radius 1 is 1.27 bits per heavy atom. The zero-order valence-electron chi connectivity index (χ0n) is 7.87. The van der Waals surface area contributed by atoms with Gasteiger partial charge in [-0.15, -0.1) is 0 Å². The SMILES string of the molecule is OCC1(c2ccc(Cl)cc2Cl)OCCO1. The highest BCUT2D eigenvalue weighted by Crippen LogP contribution is 2.36. The second kappa shape index (κ2) is 4.28. The minimum absolute atomic E-state index is 0.269. The molecule has 0 atom stereocenters. The Bertz CT molecular complexity index is 362. The number of hydrogen-bond donors (Lipinski definition) is 1. The molecular weight excluding hydrogens is 239 g/mol. The lowest BCUT2D eigenvalue weighted by atomic mass is 10.1. The Balaban J connectivity index is 2.42. The molecule has 0 spiro atoms. The first-order valence-electron chi connectivity index (χ1n) is 4.52. The van der Waals surface area contributed by atoms with Crippen LogP contribution < -0.4 is 0 Å². The predicted molar refractivity (Wildman–Crippen MR) is 57.1 cm³/mol. The Morgan fingerprint density at radius 2 is 1.93 bits per heavy atom. The molecule has 0 unspecified atom stereocenters. The standard InChI is InChI=1S/C10H10Cl2O3/c11-7-1-2-8(9(12)5-7)10(6-13)14-3-4-15-10/h1-2,5,13H,3-4,6H2. The highest BCUT2D eigenvalue weighted by Gasteiger charge is 2.39. The quantitative estimate of drug-likeness (QED) is 0.873. The maximum absolute atomic E-state index is 9.32. The molecule has 0 radical (unpaired) electrons. The Kier molecular flexibility index (Phi) is 3.19. The zero-order valence-corrected chi connectivity index (χ0v) is 9.38. The normalized spacial score (nSPS) is 19.4. The lowest BCUT2D eigenvalue weighted by Gasteiger charge is -2.26. The first kappa shape index (κ1) is 11.2. The number of halogens is 2. The summed E-state index contributed by atoms with van der Waals surface area (Å²) in [4.78, 5) is 0. The summed E-state index contributed by atoms with van der Waals surface area (Å²) in [5, 5.41) is 10.3. The van der Waals surface area contributed by atoms with Crippen LogP contribution in [0.5, 0.6) is 0 Å². The van der Waals surface area contributed by atoms with Crippen molar-refractivity contribution in [1.29, 1.82) is 0 Å². The third-order valence-electron chi connectivity index (χ3n) is 2.30. The zero-order chi connectivity index (χ0) is 10.9. The van der Waals surface area contributed by atoms with E-state index in [-0.39, 0.29) is 6.61 Å². The molecule has 1 aliphatic rings.